The molecule has 0 fully saturated rings. The summed E-state index contributed by atoms with van der Waals surface area (Å²) in [5, 5.41) is 2.72. The van der Waals surface area contributed by atoms with Crippen LogP contribution in [-0.4, -0.2) is 44.2 Å². The number of amides is 1. The molecule has 0 aliphatic rings. The van der Waals surface area contributed by atoms with Crippen LogP contribution in [0.1, 0.15) is 47.5 Å². The van der Waals surface area contributed by atoms with Crippen molar-refractivity contribution >= 4 is 11.7 Å². The Morgan fingerprint density at radius 1 is 1.10 bits per heavy atom. The van der Waals surface area contributed by atoms with Gasteiger partial charge in [0.1, 0.15) is 6.61 Å². The molecule has 0 aliphatic carbocycles. The van der Waals surface area contributed by atoms with E-state index in [9.17, 15) is 9.59 Å². The molecule has 0 aliphatic heterocycles. The minimum absolute atomic E-state index is 0.0202. The Kier molecular flexibility index (Phi) is 9.42. The van der Waals surface area contributed by atoms with Crippen LogP contribution in [0.2, 0.25) is 0 Å². The number of carbonyl (C=O) groups excluding carboxylic acids is 2. The molecule has 118 valence electrons. The van der Waals surface area contributed by atoms with Crippen molar-refractivity contribution < 1.29 is 19.1 Å². The van der Waals surface area contributed by atoms with Crippen LogP contribution in [0, 0.1) is 5.41 Å². The number of rotatable bonds is 10. The van der Waals surface area contributed by atoms with E-state index in [-0.39, 0.29) is 23.7 Å². The summed E-state index contributed by atoms with van der Waals surface area (Å²) >= 11 is 0. The van der Waals surface area contributed by atoms with Crippen LogP contribution in [0.4, 0.5) is 0 Å². The second-order valence-corrected chi connectivity index (χ2v) is 6.00. The van der Waals surface area contributed by atoms with Gasteiger partial charge in [-0.3, -0.25) is 9.59 Å². The molecule has 0 aromatic rings. The van der Waals surface area contributed by atoms with Gasteiger partial charge in [0, 0.05) is 19.8 Å². The molecule has 1 unspecified atom stereocenters. The zero-order valence-electron chi connectivity index (χ0n) is 13.5. The first-order valence-electron chi connectivity index (χ1n) is 7.24. The average molecular weight is 287 g/mol. The Hall–Kier alpha value is -0.940. The molecular formula is C15H29NO4. The summed E-state index contributed by atoms with van der Waals surface area (Å²) in [6, 6.07) is -0.480. The van der Waals surface area contributed by atoms with E-state index in [2.05, 4.69) is 12.2 Å². The van der Waals surface area contributed by atoms with Crippen LogP contribution in [-0.2, 0) is 19.1 Å². The third kappa shape index (κ3) is 9.04. The maximum Gasteiger partial charge on any atom is 0.246 e. The molecule has 5 nitrogen and oxygen atoms in total. The van der Waals surface area contributed by atoms with E-state index in [0.29, 0.717) is 13.2 Å². The monoisotopic (exact) mass is 287 g/mol. The topological polar surface area (TPSA) is 64.6 Å². The van der Waals surface area contributed by atoms with Gasteiger partial charge in [0.25, 0.3) is 0 Å². The van der Waals surface area contributed by atoms with Crippen LogP contribution >= 0.6 is 0 Å². The van der Waals surface area contributed by atoms with Gasteiger partial charge >= 0.3 is 0 Å². The minimum Gasteiger partial charge on any atom is -0.381 e. The predicted octanol–water partition coefficient (Wildman–Crippen LogP) is 1.94. The number of ketones is 1. The van der Waals surface area contributed by atoms with E-state index < -0.39 is 6.04 Å². The molecule has 0 rings (SSSR count). The van der Waals surface area contributed by atoms with Gasteiger partial charge in [0.15, 0.2) is 5.78 Å². The number of hydrogen-bond acceptors (Lipinski definition) is 4. The van der Waals surface area contributed by atoms with E-state index in [1.807, 2.05) is 20.8 Å². The summed E-state index contributed by atoms with van der Waals surface area (Å²) in [6.45, 7) is 11.2. The lowest BCUT2D eigenvalue weighted by Gasteiger charge is -2.29. The fraction of sp³-hybridized carbons (Fsp3) is 0.867. The fourth-order valence-electron chi connectivity index (χ4n) is 1.80. The quantitative estimate of drug-likeness (QED) is 0.624. The average Bonchev–Trinajstić information content (AvgIpc) is 2.33. The van der Waals surface area contributed by atoms with Crippen molar-refractivity contribution in [3.63, 3.8) is 0 Å². The first kappa shape index (κ1) is 19.1. The van der Waals surface area contributed by atoms with Gasteiger partial charge in [-0.1, -0.05) is 27.7 Å². The summed E-state index contributed by atoms with van der Waals surface area (Å²) in [5.41, 5.74) is -0.296. The van der Waals surface area contributed by atoms with Crippen LogP contribution in [0.15, 0.2) is 0 Å². The molecule has 1 atom stereocenters. The van der Waals surface area contributed by atoms with E-state index in [1.165, 1.54) is 6.92 Å². The van der Waals surface area contributed by atoms with Crippen molar-refractivity contribution in [2.45, 2.75) is 53.5 Å². The molecule has 0 aromatic heterocycles. The van der Waals surface area contributed by atoms with Gasteiger partial charge in [0.2, 0.25) is 5.91 Å². The van der Waals surface area contributed by atoms with E-state index in [1.54, 1.807) is 0 Å². The van der Waals surface area contributed by atoms with Crippen LogP contribution in [0.3, 0.4) is 0 Å². The van der Waals surface area contributed by atoms with Gasteiger partial charge < -0.3 is 14.8 Å². The molecule has 0 bridgehead atoms. The lowest BCUT2D eigenvalue weighted by molar-refractivity contribution is -0.132. The van der Waals surface area contributed by atoms with Crippen molar-refractivity contribution in [1.29, 1.82) is 0 Å². The first-order chi connectivity index (χ1) is 9.29. The van der Waals surface area contributed by atoms with E-state index in [0.717, 1.165) is 19.4 Å². The van der Waals surface area contributed by atoms with E-state index in [4.69, 9.17) is 9.47 Å². The van der Waals surface area contributed by atoms with Crippen molar-refractivity contribution in [2.24, 2.45) is 5.41 Å². The van der Waals surface area contributed by atoms with Gasteiger partial charge in [-0.25, -0.2) is 0 Å². The summed E-state index contributed by atoms with van der Waals surface area (Å²) < 4.78 is 10.6. The van der Waals surface area contributed by atoms with Gasteiger partial charge in [-0.05, 0) is 25.2 Å². The summed E-state index contributed by atoms with van der Waals surface area (Å²) in [6.07, 6.45) is 1.77. The Morgan fingerprint density at radius 3 is 2.20 bits per heavy atom. The Balaban J connectivity index is 3.84. The highest BCUT2D eigenvalue weighted by atomic mass is 16.5. The van der Waals surface area contributed by atoms with Gasteiger partial charge in [0.05, 0.1) is 6.04 Å². The fourth-order valence-corrected chi connectivity index (χ4v) is 1.80. The summed E-state index contributed by atoms with van der Waals surface area (Å²) in [7, 11) is 0. The van der Waals surface area contributed by atoms with Gasteiger partial charge in [-0.2, -0.15) is 0 Å². The van der Waals surface area contributed by atoms with Crippen molar-refractivity contribution in [2.75, 3.05) is 26.4 Å². The first-order valence-corrected chi connectivity index (χ1v) is 7.24. The number of carbonyl (C=O) groups is 2. The maximum absolute atomic E-state index is 11.7. The number of hydrogen-bond donors (Lipinski definition) is 1. The number of nitrogens with one attached hydrogen (secondary N) is 1. The van der Waals surface area contributed by atoms with Crippen molar-refractivity contribution in [1.82, 2.24) is 5.32 Å². The molecule has 1 amide bonds. The second kappa shape index (κ2) is 9.88. The molecule has 5 heteroatoms. The zero-order chi connectivity index (χ0) is 15.6. The third-order valence-electron chi connectivity index (χ3n) is 2.74. The molecule has 1 N–H and O–H groups in total. The van der Waals surface area contributed by atoms with Crippen molar-refractivity contribution in [3.05, 3.63) is 0 Å². The highest BCUT2D eigenvalue weighted by molar-refractivity contribution is 5.88. The Labute approximate surface area is 122 Å². The molecule has 0 aromatic carbocycles. The standard InChI is InChI=1S/C15H29NO4/c1-6-8-19-9-7-10-20-11-13(18)16-14(12(2)17)15(3,4)5/h14H,6-11H2,1-5H3,(H,16,18). The molecule has 20 heavy (non-hydrogen) atoms. The Bertz CT molecular complexity index is 297. The summed E-state index contributed by atoms with van der Waals surface area (Å²) in [5.74, 6) is -0.298. The molecule has 0 radical (unpaired) electrons. The number of ether oxygens (including phenoxy) is 2. The maximum atomic E-state index is 11.7. The van der Waals surface area contributed by atoms with E-state index >= 15 is 0 Å². The van der Waals surface area contributed by atoms with Crippen LogP contribution in [0.5, 0.6) is 0 Å². The molecule has 0 saturated heterocycles. The van der Waals surface area contributed by atoms with Crippen LogP contribution in [0.25, 0.3) is 0 Å². The predicted molar refractivity (Wildman–Crippen MR) is 78.6 cm³/mol. The Morgan fingerprint density at radius 2 is 1.70 bits per heavy atom. The lowest BCUT2D eigenvalue weighted by Crippen LogP contribution is -2.49. The smallest absolute Gasteiger partial charge is 0.246 e. The SMILES string of the molecule is CCCOCCCOCC(=O)NC(C(C)=O)C(C)(C)C. The lowest BCUT2D eigenvalue weighted by atomic mass is 9.84. The van der Waals surface area contributed by atoms with Crippen LogP contribution < -0.4 is 5.32 Å². The minimum atomic E-state index is -0.480. The highest BCUT2D eigenvalue weighted by Crippen LogP contribution is 2.19. The third-order valence-corrected chi connectivity index (χ3v) is 2.74. The normalized spacial score (nSPS) is 13.1. The highest BCUT2D eigenvalue weighted by Gasteiger charge is 2.29. The largest absolute Gasteiger partial charge is 0.381 e. The second-order valence-electron chi connectivity index (χ2n) is 6.00. The van der Waals surface area contributed by atoms with Gasteiger partial charge in [-0.15, -0.1) is 0 Å². The molecule has 0 heterocycles. The van der Waals surface area contributed by atoms with Crippen molar-refractivity contribution in [3.8, 4) is 0 Å². The zero-order valence-corrected chi connectivity index (χ0v) is 13.5. The molecular weight excluding hydrogens is 258 g/mol. The molecule has 0 spiro atoms. The molecule has 0 saturated carbocycles. The summed E-state index contributed by atoms with van der Waals surface area (Å²) in [4.78, 5) is 23.3. The number of Topliss-reactive ketones (excluding diaryl/α,β-unsaturated/α-hetero) is 1.